The first-order valence-electron chi connectivity index (χ1n) is 5.01. The maximum absolute atomic E-state index is 13.7. The first kappa shape index (κ1) is 9.84. The number of para-hydroxylation sites is 1. The van der Waals surface area contributed by atoms with E-state index >= 15 is 0 Å². The van der Waals surface area contributed by atoms with Crippen LogP contribution in [0, 0.1) is 5.82 Å². The summed E-state index contributed by atoms with van der Waals surface area (Å²) >= 11 is 0. The highest BCUT2D eigenvalue weighted by molar-refractivity contribution is 6.04. The van der Waals surface area contributed by atoms with Crippen LogP contribution in [0.3, 0.4) is 0 Å². The molecule has 0 aliphatic rings. The molecular formula is C13H7FO3. The predicted octanol–water partition coefficient (Wildman–Crippen LogP) is 2.79. The van der Waals surface area contributed by atoms with Gasteiger partial charge in [0, 0.05) is 10.8 Å². The van der Waals surface area contributed by atoms with Gasteiger partial charge in [-0.15, -0.1) is 0 Å². The third-order valence-electron chi connectivity index (χ3n) is 2.71. The van der Waals surface area contributed by atoms with Crippen molar-refractivity contribution in [2.45, 2.75) is 0 Å². The van der Waals surface area contributed by atoms with Crippen molar-refractivity contribution in [1.82, 2.24) is 0 Å². The Balaban J connectivity index is 2.68. The highest BCUT2D eigenvalue weighted by Crippen LogP contribution is 2.28. The number of halogens is 1. The Morgan fingerprint density at radius 2 is 1.82 bits per heavy atom. The SMILES string of the molecule is O=c1oc2ccccc2c2ccc(O)c(F)c12. The number of benzene rings is 2. The van der Waals surface area contributed by atoms with Crippen LogP contribution < -0.4 is 5.63 Å². The molecule has 0 saturated heterocycles. The molecule has 84 valence electrons. The van der Waals surface area contributed by atoms with Crippen LogP contribution >= 0.6 is 0 Å². The maximum Gasteiger partial charge on any atom is 0.347 e. The second-order valence-electron chi connectivity index (χ2n) is 3.71. The van der Waals surface area contributed by atoms with Crippen LogP contribution in [0.1, 0.15) is 0 Å². The molecule has 0 fully saturated rings. The third kappa shape index (κ3) is 1.30. The molecule has 0 saturated carbocycles. The summed E-state index contributed by atoms with van der Waals surface area (Å²) in [6, 6.07) is 9.61. The van der Waals surface area contributed by atoms with E-state index in [-0.39, 0.29) is 5.39 Å². The average molecular weight is 230 g/mol. The Labute approximate surface area is 94.7 Å². The highest BCUT2D eigenvalue weighted by Gasteiger charge is 2.14. The first-order valence-corrected chi connectivity index (χ1v) is 5.01. The fourth-order valence-electron chi connectivity index (χ4n) is 1.92. The van der Waals surface area contributed by atoms with E-state index in [1.54, 1.807) is 24.3 Å². The van der Waals surface area contributed by atoms with Gasteiger partial charge >= 0.3 is 5.63 Å². The zero-order chi connectivity index (χ0) is 12.0. The lowest BCUT2D eigenvalue weighted by Gasteiger charge is -2.03. The number of fused-ring (bicyclic) bond motifs is 3. The van der Waals surface area contributed by atoms with E-state index in [1.807, 2.05) is 0 Å². The molecule has 3 nitrogen and oxygen atoms in total. The van der Waals surface area contributed by atoms with Gasteiger partial charge in [0.15, 0.2) is 11.6 Å². The average Bonchev–Trinajstić information content (AvgIpc) is 2.33. The van der Waals surface area contributed by atoms with Crippen molar-refractivity contribution in [1.29, 1.82) is 0 Å². The van der Waals surface area contributed by atoms with Gasteiger partial charge in [-0.05, 0) is 18.2 Å². The van der Waals surface area contributed by atoms with Gasteiger partial charge in [0.1, 0.15) is 11.0 Å². The molecule has 1 aromatic heterocycles. The lowest BCUT2D eigenvalue weighted by atomic mass is 10.1. The van der Waals surface area contributed by atoms with Gasteiger partial charge in [-0.2, -0.15) is 0 Å². The molecule has 2 aromatic carbocycles. The molecule has 0 bridgehead atoms. The quantitative estimate of drug-likeness (QED) is 0.477. The summed E-state index contributed by atoms with van der Waals surface area (Å²) in [5.41, 5.74) is -0.387. The number of phenolic OH excluding ortho intramolecular Hbond substituents is 1. The topological polar surface area (TPSA) is 50.4 Å². The fourth-order valence-corrected chi connectivity index (χ4v) is 1.92. The Morgan fingerprint density at radius 3 is 2.65 bits per heavy atom. The van der Waals surface area contributed by atoms with Gasteiger partial charge < -0.3 is 9.52 Å². The zero-order valence-corrected chi connectivity index (χ0v) is 8.61. The normalized spacial score (nSPS) is 11.1. The van der Waals surface area contributed by atoms with Crippen molar-refractivity contribution in [2.24, 2.45) is 0 Å². The first-order chi connectivity index (χ1) is 8.18. The van der Waals surface area contributed by atoms with E-state index in [4.69, 9.17) is 4.42 Å². The number of aromatic hydroxyl groups is 1. The summed E-state index contributed by atoms with van der Waals surface area (Å²) < 4.78 is 18.7. The highest BCUT2D eigenvalue weighted by atomic mass is 19.1. The Hall–Kier alpha value is -2.36. The summed E-state index contributed by atoms with van der Waals surface area (Å²) in [6.07, 6.45) is 0. The van der Waals surface area contributed by atoms with Gasteiger partial charge in [0.2, 0.25) is 0 Å². The van der Waals surface area contributed by atoms with Crippen molar-refractivity contribution in [3.63, 3.8) is 0 Å². The Bertz CT molecular complexity index is 790. The monoisotopic (exact) mass is 230 g/mol. The van der Waals surface area contributed by atoms with Crippen LogP contribution in [0.2, 0.25) is 0 Å². The molecule has 17 heavy (non-hydrogen) atoms. The minimum Gasteiger partial charge on any atom is -0.505 e. The largest absolute Gasteiger partial charge is 0.505 e. The van der Waals surface area contributed by atoms with Crippen molar-refractivity contribution in [2.75, 3.05) is 0 Å². The number of rotatable bonds is 0. The summed E-state index contributed by atoms with van der Waals surface area (Å²) in [5.74, 6) is -1.50. The van der Waals surface area contributed by atoms with Gasteiger partial charge in [-0.1, -0.05) is 18.2 Å². The molecule has 0 spiro atoms. The molecule has 0 aliphatic heterocycles. The molecule has 1 heterocycles. The number of hydrogen-bond acceptors (Lipinski definition) is 3. The summed E-state index contributed by atoms with van der Waals surface area (Å²) in [6.45, 7) is 0. The van der Waals surface area contributed by atoms with E-state index in [2.05, 4.69) is 0 Å². The van der Waals surface area contributed by atoms with Crippen LogP contribution in [0.15, 0.2) is 45.6 Å². The third-order valence-corrected chi connectivity index (χ3v) is 2.71. The maximum atomic E-state index is 13.7. The minimum atomic E-state index is -0.943. The standard InChI is InChI=1S/C13H7FO3/c14-12-9(15)6-5-8-7-3-1-2-4-10(7)17-13(16)11(8)12/h1-6,15H. The molecular weight excluding hydrogens is 223 g/mol. The molecule has 3 aromatic rings. The zero-order valence-electron chi connectivity index (χ0n) is 8.61. The molecule has 4 heteroatoms. The van der Waals surface area contributed by atoms with E-state index in [1.165, 1.54) is 12.1 Å². The predicted molar refractivity (Wildman–Crippen MR) is 61.6 cm³/mol. The lowest BCUT2D eigenvalue weighted by Crippen LogP contribution is -2.02. The fraction of sp³-hybridized carbons (Fsp3) is 0. The number of hydrogen-bond donors (Lipinski definition) is 1. The lowest BCUT2D eigenvalue weighted by molar-refractivity contribution is 0.434. The van der Waals surface area contributed by atoms with Crippen LogP contribution in [-0.4, -0.2) is 5.11 Å². The van der Waals surface area contributed by atoms with Crippen molar-refractivity contribution in [3.8, 4) is 5.75 Å². The second kappa shape index (κ2) is 3.31. The Morgan fingerprint density at radius 1 is 1.06 bits per heavy atom. The molecule has 0 radical (unpaired) electrons. The van der Waals surface area contributed by atoms with Crippen LogP contribution in [0.4, 0.5) is 4.39 Å². The smallest absolute Gasteiger partial charge is 0.347 e. The van der Waals surface area contributed by atoms with Gasteiger partial charge in [-0.25, -0.2) is 9.18 Å². The molecule has 1 N–H and O–H groups in total. The van der Waals surface area contributed by atoms with E-state index in [0.717, 1.165) is 0 Å². The van der Waals surface area contributed by atoms with E-state index in [0.29, 0.717) is 16.4 Å². The van der Waals surface area contributed by atoms with E-state index < -0.39 is 17.2 Å². The van der Waals surface area contributed by atoms with Gasteiger partial charge in [-0.3, -0.25) is 0 Å². The molecule has 0 unspecified atom stereocenters. The summed E-state index contributed by atoms with van der Waals surface area (Å²) in [5, 5.41) is 10.1. The summed E-state index contributed by atoms with van der Waals surface area (Å²) in [4.78, 5) is 11.6. The van der Waals surface area contributed by atoms with Crippen LogP contribution in [0.5, 0.6) is 5.75 Å². The summed E-state index contributed by atoms with van der Waals surface area (Å²) in [7, 11) is 0. The Kier molecular flexibility index (Phi) is 1.92. The van der Waals surface area contributed by atoms with Crippen molar-refractivity contribution >= 4 is 21.7 Å². The van der Waals surface area contributed by atoms with Gasteiger partial charge in [0.25, 0.3) is 0 Å². The van der Waals surface area contributed by atoms with Crippen molar-refractivity contribution in [3.05, 3.63) is 52.6 Å². The van der Waals surface area contributed by atoms with Crippen LogP contribution in [-0.2, 0) is 0 Å². The molecule has 0 aliphatic carbocycles. The minimum absolute atomic E-state index is 0.219. The van der Waals surface area contributed by atoms with E-state index in [9.17, 15) is 14.3 Å². The van der Waals surface area contributed by atoms with Gasteiger partial charge in [0.05, 0.1) is 0 Å². The molecule has 0 atom stereocenters. The van der Waals surface area contributed by atoms with Crippen LogP contribution in [0.25, 0.3) is 21.7 Å². The van der Waals surface area contributed by atoms with Crippen molar-refractivity contribution < 1.29 is 13.9 Å². The molecule has 0 amide bonds. The number of phenols is 1. The second-order valence-corrected chi connectivity index (χ2v) is 3.71. The molecule has 3 rings (SSSR count).